The first-order valence-electron chi connectivity index (χ1n) is 10.7. The molecule has 2 aliphatic rings. The number of sulfone groups is 1. The van der Waals surface area contributed by atoms with Gasteiger partial charge in [0.1, 0.15) is 17.1 Å². The van der Waals surface area contributed by atoms with E-state index in [-0.39, 0.29) is 39.5 Å². The first kappa shape index (κ1) is 22.9. The molecule has 2 amide bonds. The standard InChI is InChI=1S/C23H27N5O4S/c1-4-5-18(29)27-11-10-23(14-27)12-16(13-23)28-21(24)19(22(30)25-2)20(26-28)15-6-8-17(9-7-15)33(3,31)32/h6-9,16H,10-14,24H2,1-3H3,(H,25,30). The molecule has 33 heavy (non-hydrogen) atoms. The molecule has 9 nitrogen and oxygen atoms in total. The van der Waals surface area contributed by atoms with Crippen LogP contribution in [0.2, 0.25) is 0 Å². The van der Waals surface area contributed by atoms with Crippen LogP contribution in [0.3, 0.4) is 0 Å². The Balaban J connectivity index is 1.61. The lowest BCUT2D eigenvalue weighted by Gasteiger charge is -2.45. The number of amides is 2. The minimum Gasteiger partial charge on any atom is -0.383 e. The SMILES string of the molecule is CC#CC(=O)N1CCC2(CC(n3nc(-c4ccc(S(C)(=O)=O)cc4)c(C(=O)NC)c3N)C2)C1. The summed E-state index contributed by atoms with van der Waals surface area (Å²) in [5, 5.41) is 7.29. The summed E-state index contributed by atoms with van der Waals surface area (Å²) < 4.78 is 25.3. The maximum Gasteiger partial charge on any atom is 0.298 e. The van der Waals surface area contributed by atoms with Gasteiger partial charge < -0.3 is 16.0 Å². The van der Waals surface area contributed by atoms with Crippen LogP contribution < -0.4 is 11.1 Å². The predicted octanol–water partition coefficient (Wildman–Crippen LogP) is 1.47. The summed E-state index contributed by atoms with van der Waals surface area (Å²) in [6.07, 6.45) is 3.66. The van der Waals surface area contributed by atoms with Crippen LogP contribution in [0, 0.1) is 17.3 Å². The average molecular weight is 470 g/mol. The second kappa shape index (κ2) is 8.23. The minimum absolute atomic E-state index is 0.0183. The first-order valence-corrected chi connectivity index (χ1v) is 12.6. The van der Waals surface area contributed by atoms with Gasteiger partial charge in [-0.2, -0.15) is 5.10 Å². The summed E-state index contributed by atoms with van der Waals surface area (Å²) in [4.78, 5) is 26.7. The number of likely N-dealkylation sites (tertiary alicyclic amines) is 1. The maximum absolute atomic E-state index is 12.6. The molecule has 1 spiro atoms. The van der Waals surface area contributed by atoms with E-state index in [0.29, 0.717) is 24.3 Å². The van der Waals surface area contributed by atoms with Crippen molar-refractivity contribution in [1.29, 1.82) is 0 Å². The molecule has 0 atom stereocenters. The summed E-state index contributed by atoms with van der Waals surface area (Å²) in [7, 11) is -1.81. The van der Waals surface area contributed by atoms with E-state index in [0.717, 1.165) is 25.5 Å². The molecule has 1 saturated heterocycles. The molecule has 3 N–H and O–H groups in total. The molecule has 1 aliphatic heterocycles. The molecule has 0 radical (unpaired) electrons. The van der Waals surface area contributed by atoms with Gasteiger partial charge in [-0.3, -0.25) is 9.59 Å². The zero-order valence-corrected chi connectivity index (χ0v) is 19.7. The molecule has 1 aromatic carbocycles. The highest BCUT2D eigenvalue weighted by Gasteiger charge is 2.51. The molecule has 2 aromatic rings. The molecule has 1 saturated carbocycles. The molecule has 0 bridgehead atoms. The lowest BCUT2D eigenvalue weighted by molar-refractivity contribution is -0.125. The number of nitrogens with zero attached hydrogens (tertiary/aromatic N) is 3. The van der Waals surface area contributed by atoms with Crippen LogP contribution in [-0.4, -0.2) is 61.3 Å². The number of anilines is 1. The molecule has 1 aliphatic carbocycles. The van der Waals surface area contributed by atoms with Gasteiger partial charge in [0.15, 0.2) is 9.84 Å². The summed E-state index contributed by atoms with van der Waals surface area (Å²) >= 11 is 0. The van der Waals surface area contributed by atoms with Gasteiger partial charge in [-0.25, -0.2) is 13.1 Å². The Morgan fingerprint density at radius 1 is 1.24 bits per heavy atom. The number of hydrogen-bond acceptors (Lipinski definition) is 6. The van der Waals surface area contributed by atoms with Crippen LogP contribution in [-0.2, 0) is 14.6 Å². The number of carbonyl (C=O) groups excluding carboxylic acids is 2. The molecule has 0 unspecified atom stereocenters. The Kier molecular flexibility index (Phi) is 5.70. The Labute approximate surface area is 193 Å². The number of nitrogens with one attached hydrogen (secondary N) is 1. The van der Waals surface area contributed by atoms with Gasteiger partial charge >= 0.3 is 0 Å². The molecule has 2 heterocycles. The topological polar surface area (TPSA) is 127 Å². The zero-order valence-electron chi connectivity index (χ0n) is 18.9. The van der Waals surface area contributed by atoms with Crippen LogP contribution in [0.1, 0.15) is 42.6 Å². The highest BCUT2D eigenvalue weighted by atomic mass is 32.2. The quantitative estimate of drug-likeness (QED) is 0.653. The van der Waals surface area contributed by atoms with Crippen LogP contribution in [0.15, 0.2) is 29.2 Å². The second-order valence-electron chi connectivity index (χ2n) is 8.84. The highest BCUT2D eigenvalue weighted by Crippen LogP contribution is 2.54. The fourth-order valence-electron chi connectivity index (χ4n) is 4.88. The Morgan fingerprint density at radius 3 is 2.48 bits per heavy atom. The second-order valence-corrected chi connectivity index (χ2v) is 10.9. The summed E-state index contributed by atoms with van der Waals surface area (Å²) in [6, 6.07) is 6.27. The van der Waals surface area contributed by atoms with Gasteiger partial charge in [0.25, 0.3) is 11.8 Å². The van der Waals surface area contributed by atoms with Crippen molar-refractivity contribution < 1.29 is 18.0 Å². The largest absolute Gasteiger partial charge is 0.383 e. The van der Waals surface area contributed by atoms with Crippen molar-refractivity contribution in [2.75, 3.05) is 32.1 Å². The van der Waals surface area contributed by atoms with Crippen LogP contribution >= 0.6 is 0 Å². The van der Waals surface area contributed by atoms with E-state index in [2.05, 4.69) is 22.3 Å². The fourth-order valence-corrected chi connectivity index (χ4v) is 5.51. The number of aromatic nitrogens is 2. The summed E-state index contributed by atoms with van der Waals surface area (Å²) in [5.74, 6) is 5.04. The molecule has 2 fully saturated rings. The summed E-state index contributed by atoms with van der Waals surface area (Å²) in [6.45, 7) is 3.01. The molecule has 1 aromatic heterocycles. The Hall–Kier alpha value is -3.32. The third kappa shape index (κ3) is 4.09. The monoisotopic (exact) mass is 469 g/mol. The maximum atomic E-state index is 12.6. The van der Waals surface area contributed by atoms with Crippen LogP contribution in [0.5, 0.6) is 0 Å². The van der Waals surface area contributed by atoms with Crippen LogP contribution in [0.25, 0.3) is 11.3 Å². The number of hydrogen-bond donors (Lipinski definition) is 2. The van der Waals surface area contributed by atoms with Crippen molar-refractivity contribution >= 4 is 27.5 Å². The smallest absolute Gasteiger partial charge is 0.298 e. The lowest BCUT2D eigenvalue weighted by atomic mass is 9.65. The number of nitrogens with two attached hydrogens (primary N) is 1. The first-order chi connectivity index (χ1) is 15.6. The van der Waals surface area contributed by atoms with E-state index in [1.165, 1.54) is 19.2 Å². The molecule has 10 heteroatoms. The van der Waals surface area contributed by atoms with Gasteiger partial charge in [-0.1, -0.05) is 18.1 Å². The normalized spacial score (nSPS) is 21.9. The highest BCUT2D eigenvalue weighted by molar-refractivity contribution is 7.90. The van der Waals surface area contributed by atoms with Crippen molar-refractivity contribution in [2.45, 2.75) is 37.1 Å². The lowest BCUT2D eigenvalue weighted by Crippen LogP contribution is -2.42. The van der Waals surface area contributed by atoms with E-state index in [1.807, 2.05) is 0 Å². The van der Waals surface area contributed by atoms with Gasteiger partial charge in [-0.15, -0.1) is 0 Å². The van der Waals surface area contributed by atoms with Crippen molar-refractivity contribution in [3.63, 3.8) is 0 Å². The van der Waals surface area contributed by atoms with E-state index in [1.54, 1.807) is 28.6 Å². The van der Waals surface area contributed by atoms with E-state index in [9.17, 15) is 18.0 Å². The average Bonchev–Trinajstić information content (AvgIpc) is 3.34. The number of carbonyl (C=O) groups is 2. The van der Waals surface area contributed by atoms with Gasteiger partial charge in [0, 0.05) is 32.0 Å². The van der Waals surface area contributed by atoms with Crippen molar-refractivity contribution in [1.82, 2.24) is 20.0 Å². The molecule has 4 rings (SSSR count). The molecular formula is C23H27N5O4S. The number of benzene rings is 1. The van der Waals surface area contributed by atoms with Gasteiger partial charge in [0.05, 0.1) is 10.9 Å². The fraction of sp³-hybridized carbons (Fsp3) is 0.435. The number of nitrogen functional groups attached to an aromatic ring is 1. The molecule has 174 valence electrons. The Bertz CT molecular complexity index is 1280. The van der Waals surface area contributed by atoms with E-state index in [4.69, 9.17) is 5.73 Å². The Morgan fingerprint density at radius 2 is 1.91 bits per heavy atom. The van der Waals surface area contributed by atoms with Crippen molar-refractivity contribution in [2.24, 2.45) is 5.41 Å². The van der Waals surface area contributed by atoms with Crippen molar-refractivity contribution in [3.8, 4) is 23.1 Å². The van der Waals surface area contributed by atoms with Gasteiger partial charge in [0.2, 0.25) is 0 Å². The summed E-state index contributed by atoms with van der Waals surface area (Å²) in [5.41, 5.74) is 7.71. The third-order valence-corrected chi connectivity index (χ3v) is 7.73. The van der Waals surface area contributed by atoms with Gasteiger partial charge in [-0.05, 0) is 49.7 Å². The van der Waals surface area contributed by atoms with E-state index >= 15 is 0 Å². The zero-order chi connectivity index (χ0) is 24.0. The number of rotatable bonds is 4. The van der Waals surface area contributed by atoms with Crippen molar-refractivity contribution in [3.05, 3.63) is 29.8 Å². The van der Waals surface area contributed by atoms with Crippen LogP contribution in [0.4, 0.5) is 5.82 Å². The third-order valence-electron chi connectivity index (χ3n) is 6.60. The van der Waals surface area contributed by atoms with E-state index < -0.39 is 9.84 Å². The molecular weight excluding hydrogens is 442 g/mol. The predicted molar refractivity (Wildman–Crippen MR) is 124 cm³/mol. The minimum atomic E-state index is -3.34.